The lowest BCUT2D eigenvalue weighted by Gasteiger charge is -2.15. The van der Waals surface area contributed by atoms with Gasteiger partial charge in [0.25, 0.3) is 5.91 Å². The van der Waals surface area contributed by atoms with Gasteiger partial charge in [-0.2, -0.15) is 0 Å². The van der Waals surface area contributed by atoms with Crippen LogP contribution < -0.4 is 15.4 Å². The molecule has 0 aliphatic carbocycles. The maximum Gasteiger partial charge on any atom is 0.251 e. The van der Waals surface area contributed by atoms with Crippen LogP contribution in [0.25, 0.3) is 0 Å². The van der Waals surface area contributed by atoms with Crippen molar-refractivity contribution in [2.24, 2.45) is 0 Å². The van der Waals surface area contributed by atoms with Crippen molar-refractivity contribution in [3.63, 3.8) is 0 Å². The number of ether oxygens (including phenoxy) is 2. The SMILES string of the molecule is COc1ccc(CNC(=O)C[C@H]2O[C@H](CNC(=O)c3cccc(F)c3)[C@@H](O)[C@H]2O)cc1. The average molecular weight is 432 g/mol. The van der Waals surface area contributed by atoms with Gasteiger partial charge in [-0.15, -0.1) is 0 Å². The fourth-order valence-electron chi connectivity index (χ4n) is 3.29. The topological polar surface area (TPSA) is 117 Å². The second-order valence-corrected chi connectivity index (χ2v) is 7.24. The summed E-state index contributed by atoms with van der Waals surface area (Å²) < 4.78 is 23.9. The van der Waals surface area contributed by atoms with Crippen LogP contribution in [0, 0.1) is 5.82 Å². The zero-order valence-corrected chi connectivity index (χ0v) is 17.0. The molecule has 0 saturated carbocycles. The van der Waals surface area contributed by atoms with E-state index in [0.717, 1.165) is 11.6 Å². The highest BCUT2D eigenvalue weighted by molar-refractivity contribution is 5.94. The van der Waals surface area contributed by atoms with E-state index in [1.807, 2.05) is 12.1 Å². The summed E-state index contributed by atoms with van der Waals surface area (Å²) in [5.41, 5.74) is 1.00. The molecule has 0 radical (unpaired) electrons. The predicted molar refractivity (Wildman–Crippen MR) is 109 cm³/mol. The van der Waals surface area contributed by atoms with E-state index in [0.29, 0.717) is 12.3 Å². The molecule has 2 aromatic carbocycles. The second kappa shape index (κ2) is 10.3. The summed E-state index contributed by atoms with van der Waals surface area (Å²) in [5.74, 6) is -0.718. The van der Waals surface area contributed by atoms with E-state index in [9.17, 15) is 24.2 Å². The van der Waals surface area contributed by atoms with Crippen LogP contribution in [-0.4, -0.2) is 60.1 Å². The molecule has 166 valence electrons. The summed E-state index contributed by atoms with van der Waals surface area (Å²) >= 11 is 0. The Morgan fingerprint density at radius 3 is 2.45 bits per heavy atom. The number of carbonyl (C=O) groups excluding carboxylic acids is 2. The Labute approximate surface area is 179 Å². The van der Waals surface area contributed by atoms with Crippen molar-refractivity contribution in [3.05, 3.63) is 65.5 Å². The van der Waals surface area contributed by atoms with Gasteiger partial charge < -0.3 is 30.3 Å². The molecule has 0 spiro atoms. The molecule has 8 nitrogen and oxygen atoms in total. The molecular weight excluding hydrogens is 407 g/mol. The zero-order valence-electron chi connectivity index (χ0n) is 17.0. The number of hydrogen-bond acceptors (Lipinski definition) is 6. The Balaban J connectivity index is 1.46. The van der Waals surface area contributed by atoms with Gasteiger partial charge >= 0.3 is 0 Å². The number of carbonyl (C=O) groups is 2. The third-order valence-electron chi connectivity index (χ3n) is 5.05. The first kappa shape index (κ1) is 22.7. The van der Waals surface area contributed by atoms with E-state index in [1.165, 1.54) is 18.2 Å². The van der Waals surface area contributed by atoms with E-state index in [1.54, 1.807) is 19.2 Å². The Hall–Kier alpha value is -3.01. The van der Waals surface area contributed by atoms with Crippen molar-refractivity contribution in [1.29, 1.82) is 0 Å². The maximum atomic E-state index is 13.2. The van der Waals surface area contributed by atoms with Gasteiger partial charge in [0.1, 0.15) is 29.9 Å². The highest BCUT2D eigenvalue weighted by Crippen LogP contribution is 2.23. The number of amides is 2. The lowest BCUT2D eigenvalue weighted by Crippen LogP contribution is -2.40. The molecular formula is C22H25FN2O6. The van der Waals surface area contributed by atoms with Gasteiger partial charge in [-0.25, -0.2) is 4.39 Å². The molecule has 1 aliphatic heterocycles. The summed E-state index contributed by atoms with van der Waals surface area (Å²) in [6.45, 7) is 0.193. The molecule has 0 unspecified atom stereocenters. The number of benzene rings is 2. The number of rotatable bonds is 8. The van der Waals surface area contributed by atoms with Crippen LogP contribution >= 0.6 is 0 Å². The third kappa shape index (κ3) is 6.00. The fourth-order valence-corrected chi connectivity index (χ4v) is 3.29. The molecule has 4 atom stereocenters. The number of halogens is 1. The molecule has 4 N–H and O–H groups in total. The van der Waals surface area contributed by atoms with Gasteiger partial charge in [0.2, 0.25) is 5.91 Å². The lowest BCUT2D eigenvalue weighted by atomic mass is 10.1. The van der Waals surface area contributed by atoms with E-state index in [2.05, 4.69) is 10.6 Å². The van der Waals surface area contributed by atoms with Crippen molar-refractivity contribution in [2.45, 2.75) is 37.4 Å². The van der Waals surface area contributed by atoms with Gasteiger partial charge in [-0.1, -0.05) is 18.2 Å². The van der Waals surface area contributed by atoms with Crippen LogP contribution in [0.3, 0.4) is 0 Å². The lowest BCUT2D eigenvalue weighted by molar-refractivity contribution is -0.125. The van der Waals surface area contributed by atoms with Crippen molar-refractivity contribution in [3.8, 4) is 5.75 Å². The molecule has 31 heavy (non-hydrogen) atoms. The van der Waals surface area contributed by atoms with Crippen LogP contribution in [0.1, 0.15) is 22.3 Å². The van der Waals surface area contributed by atoms with Crippen LogP contribution in [0.5, 0.6) is 5.75 Å². The molecule has 0 bridgehead atoms. The smallest absolute Gasteiger partial charge is 0.251 e. The fraction of sp³-hybridized carbons (Fsp3) is 0.364. The number of nitrogens with one attached hydrogen (secondary N) is 2. The predicted octanol–water partition coefficient (Wildman–Crippen LogP) is 0.760. The van der Waals surface area contributed by atoms with Gasteiger partial charge in [-0.3, -0.25) is 9.59 Å². The standard InChI is InChI=1S/C22H25FN2O6/c1-30-16-7-5-13(6-8-16)11-24-19(26)10-17-20(27)21(28)18(31-17)12-25-22(29)14-3-2-4-15(23)9-14/h2-9,17-18,20-21,27-28H,10-12H2,1H3,(H,24,26)(H,25,29)/t17-,18-,20+,21-/m1/s1. The molecule has 9 heteroatoms. The van der Waals surface area contributed by atoms with Crippen LogP contribution in [-0.2, 0) is 16.1 Å². The summed E-state index contributed by atoms with van der Waals surface area (Å²) in [4.78, 5) is 24.3. The van der Waals surface area contributed by atoms with Crippen molar-refractivity contribution < 1.29 is 33.7 Å². The van der Waals surface area contributed by atoms with Crippen LogP contribution in [0.15, 0.2) is 48.5 Å². The first-order valence-electron chi connectivity index (χ1n) is 9.82. The first-order valence-corrected chi connectivity index (χ1v) is 9.82. The highest BCUT2D eigenvalue weighted by atomic mass is 19.1. The number of hydrogen-bond donors (Lipinski definition) is 4. The van der Waals surface area contributed by atoms with Gasteiger partial charge in [0.15, 0.2) is 0 Å². The number of aliphatic hydroxyl groups excluding tert-OH is 2. The van der Waals surface area contributed by atoms with Gasteiger partial charge in [-0.05, 0) is 35.9 Å². The number of methoxy groups -OCH3 is 1. The Kier molecular flexibility index (Phi) is 7.56. The second-order valence-electron chi connectivity index (χ2n) is 7.24. The van der Waals surface area contributed by atoms with E-state index in [-0.39, 0.29) is 24.4 Å². The van der Waals surface area contributed by atoms with E-state index in [4.69, 9.17) is 9.47 Å². The maximum absolute atomic E-state index is 13.2. The molecule has 1 fully saturated rings. The largest absolute Gasteiger partial charge is 0.497 e. The Bertz CT molecular complexity index is 907. The van der Waals surface area contributed by atoms with Gasteiger partial charge in [0, 0.05) is 18.7 Å². The molecule has 1 aliphatic rings. The molecule has 2 aromatic rings. The quantitative estimate of drug-likeness (QED) is 0.489. The number of aliphatic hydroxyl groups is 2. The summed E-state index contributed by atoms with van der Waals surface area (Å²) in [7, 11) is 1.57. The first-order chi connectivity index (χ1) is 14.9. The highest BCUT2D eigenvalue weighted by Gasteiger charge is 2.43. The van der Waals surface area contributed by atoms with Gasteiger partial charge in [0.05, 0.1) is 19.6 Å². The van der Waals surface area contributed by atoms with Crippen molar-refractivity contribution >= 4 is 11.8 Å². The Morgan fingerprint density at radius 1 is 1.06 bits per heavy atom. The molecule has 1 heterocycles. The van der Waals surface area contributed by atoms with E-state index < -0.39 is 36.1 Å². The average Bonchev–Trinajstić information content (AvgIpc) is 3.04. The van der Waals surface area contributed by atoms with Crippen molar-refractivity contribution in [2.75, 3.05) is 13.7 Å². The van der Waals surface area contributed by atoms with E-state index >= 15 is 0 Å². The molecule has 1 saturated heterocycles. The monoisotopic (exact) mass is 432 g/mol. The van der Waals surface area contributed by atoms with Crippen molar-refractivity contribution in [1.82, 2.24) is 10.6 Å². The summed E-state index contributed by atoms with van der Waals surface area (Å²) in [6, 6.07) is 12.4. The van der Waals surface area contributed by atoms with Crippen LogP contribution in [0.4, 0.5) is 4.39 Å². The Morgan fingerprint density at radius 2 is 1.77 bits per heavy atom. The minimum atomic E-state index is -1.28. The summed E-state index contributed by atoms with van der Waals surface area (Å²) in [5, 5.41) is 25.7. The third-order valence-corrected chi connectivity index (χ3v) is 5.05. The summed E-state index contributed by atoms with van der Waals surface area (Å²) in [6.07, 6.45) is -4.51. The van der Waals surface area contributed by atoms with Crippen LogP contribution in [0.2, 0.25) is 0 Å². The zero-order chi connectivity index (χ0) is 22.4. The minimum Gasteiger partial charge on any atom is -0.497 e. The molecule has 0 aromatic heterocycles. The minimum absolute atomic E-state index is 0.0997. The normalized spacial score (nSPS) is 22.7. The molecule has 3 rings (SSSR count). The molecule has 2 amide bonds.